The Hall–Kier alpha value is -4.30. The van der Waals surface area contributed by atoms with E-state index in [9.17, 15) is 14.3 Å². The van der Waals surface area contributed by atoms with Crippen LogP contribution in [0.3, 0.4) is 0 Å². The van der Waals surface area contributed by atoms with Crippen LogP contribution in [-0.2, 0) is 17.6 Å². The van der Waals surface area contributed by atoms with E-state index in [1.165, 1.54) is 18.5 Å². The molecule has 0 aliphatic carbocycles. The molecule has 5 rings (SSSR count). The third kappa shape index (κ3) is 5.44. The minimum Gasteiger partial charge on any atom is -0.480 e. The van der Waals surface area contributed by atoms with Crippen LogP contribution in [0.15, 0.2) is 85.2 Å². The molecule has 0 saturated carbocycles. The monoisotopic (exact) mass is 513 g/mol. The van der Waals surface area contributed by atoms with Gasteiger partial charge in [-0.25, -0.2) is 19.2 Å². The van der Waals surface area contributed by atoms with Crippen LogP contribution in [0.4, 0.5) is 10.2 Å². The lowest BCUT2D eigenvalue weighted by Crippen LogP contribution is -2.32. The fourth-order valence-corrected chi connectivity index (χ4v) is 5.31. The predicted octanol–water partition coefficient (Wildman–Crippen LogP) is 6.96. The van der Waals surface area contributed by atoms with Crippen molar-refractivity contribution in [1.82, 2.24) is 9.97 Å². The first-order chi connectivity index (χ1) is 18.0. The molecule has 0 aliphatic heterocycles. The summed E-state index contributed by atoms with van der Waals surface area (Å²) in [4.78, 5) is 23.0. The van der Waals surface area contributed by atoms with Crippen molar-refractivity contribution in [3.05, 3.63) is 101 Å². The molecule has 186 valence electrons. The molecule has 2 aromatic heterocycles. The SMILES string of the molecule is CCc1sc2ncnc(N[C@H](Cc3ccccc3)C(=O)O)c2c1-c1cccc(Oc2ccc(F)cc2)c1. The fourth-order valence-electron chi connectivity index (χ4n) is 4.21. The van der Waals surface area contributed by atoms with Gasteiger partial charge >= 0.3 is 5.97 Å². The summed E-state index contributed by atoms with van der Waals surface area (Å²) in [5, 5.41) is 13.9. The van der Waals surface area contributed by atoms with Crippen LogP contribution in [0.5, 0.6) is 11.5 Å². The van der Waals surface area contributed by atoms with E-state index in [2.05, 4.69) is 22.2 Å². The van der Waals surface area contributed by atoms with Gasteiger partial charge in [-0.2, -0.15) is 0 Å². The first kappa shape index (κ1) is 24.4. The van der Waals surface area contributed by atoms with Crippen LogP contribution in [0.25, 0.3) is 21.3 Å². The molecule has 0 spiro atoms. The van der Waals surface area contributed by atoms with Gasteiger partial charge in [0.2, 0.25) is 0 Å². The van der Waals surface area contributed by atoms with E-state index >= 15 is 0 Å². The van der Waals surface area contributed by atoms with Crippen molar-refractivity contribution in [2.24, 2.45) is 0 Å². The largest absolute Gasteiger partial charge is 0.480 e. The van der Waals surface area contributed by atoms with Crippen LogP contribution >= 0.6 is 11.3 Å². The lowest BCUT2D eigenvalue weighted by Gasteiger charge is -2.17. The lowest BCUT2D eigenvalue weighted by molar-refractivity contribution is -0.137. The number of aryl methyl sites for hydroxylation is 1. The van der Waals surface area contributed by atoms with Gasteiger partial charge in [0, 0.05) is 16.9 Å². The van der Waals surface area contributed by atoms with Crippen molar-refractivity contribution in [2.45, 2.75) is 25.8 Å². The molecule has 8 heteroatoms. The normalized spacial score (nSPS) is 11.8. The number of hydrogen-bond donors (Lipinski definition) is 2. The van der Waals surface area contributed by atoms with E-state index < -0.39 is 12.0 Å². The summed E-state index contributed by atoms with van der Waals surface area (Å²) in [6.07, 6.45) is 2.54. The number of ether oxygens (including phenoxy) is 1. The highest BCUT2D eigenvalue weighted by Crippen LogP contribution is 2.42. The molecule has 0 saturated heterocycles. The van der Waals surface area contributed by atoms with Gasteiger partial charge in [0.15, 0.2) is 0 Å². The third-order valence-corrected chi connectivity index (χ3v) is 7.19. The molecule has 2 N–H and O–H groups in total. The molecule has 0 amide bonds. The first-order valence-electron chi connectivity index (χ1n) is 11.9. The molecule has 0 aliphatic rings. The molecule has 0 fully saturated rings. The Balaban J connectivity index is 1.54. The Bertz CT molecular complexity index is 1540. The molecule has 0 unspecified atom stereocenters. The van der Waals surface area contributed by atoms with Crippen molar-refractivity contribution < 1.29 is 19.0 Å². The summed E-state index contributed by atoms with van der Waals surface area (Å²) < 4.78 is 19.3. The zero-order chi connectivity index (χ0) is 25.8. The Morgan fingerprint density at radius 1 is 1.03 bits per heavy atom. The second-order valence-electron chi connectivity index (χ2n) is 8.46. The van der Waals surface area contributed by atoms with E-state index in [-0.39, 0.29) is 5.82 Å². The first-order valence-corrected chi connectivity index (χ1v) is 12.7. The number of benzene rings is 3. The Labute approximate surface area is 217 Å². The van der Waals surface area contributed by atoms with Crippen LogP contribution in [0, 0.1) is 5.82 Å². The van der Waals surface area contributed by atoms with E-state index in [4.69, 9.17) is 4.74 Å². The van der Waals surface area contributed by atoms with Crippen LogP contribution in [-0.4, -0.2) is 27.1 Å². The van der Waals surface area contributed by atoms with Crippen molar-refractivity contribution in [3.8, 4) is 22.6 Å². The Morgan fingerprint density at radius 2 is 1.81 bits per heavy atom. The van der Waals surface area contributed by atoms with Crippen molar-refractivity contribution in [1.29, 1.82) is 0 Å². The summed E-state index contributed by atoms with van der Waals surface area (Å²) in [6.45, 7) is 2.07. The number of aliphatic carboxylic acids is 1. The zero-order valence-electron chi connectivity index (χ0n) is 20.0. The topological polar surface area (TPSA) is 84.3 Å². The second kappa shape index (κ2) is 10.8. The quantitative estimate of drug-likeness (QED) is 0.222. The molecule has 0 bridgehead atoms. The number of thiophene rings is 1. The molecule has 5 aromatic rings. The molecular formula is C29H24FN3O3S. The number of aromatic nitrogens is 2. The van der Waals surface area contributed by atoms with E-state index in [0.29, 0.717) is 23.7 Å². The summed E-state index contributed by atoms with van der Waals surface area (Å²) in [5.74, 6) is 0.317. The smallest absolute Gasteiger partial charge is 0.326 e. The highest BCUT2D eigenvalue weighted by atomic mass is 32.1. The fraction of sp³-hybridized carbons (Fsp3) is 0.138. The molecule has 37 heavy (non-hydrogen) atoms. The minimum atomic E-state index is -0.960. The van der Waals surface area contributed by atoms with E-state index in [0.717, 1.165) is 38.2 Å². The lowest BCUT2D eigenvalue weighted by atomic mass is 10.0. The number of carboxylic acids is 1. The maximum absolute atomic E-state index is 13.3. The van der Waals surface area contributed by atoms with E-state index in [1.54, 1.807) is 23.5 Å². The number of anilines is 1. The molecule has 0 radical (unpaired) electrons. The number of hydrogen-bond acceptors (Lipinski definition) is 6. The number of carboxylic acid groups (broad SMARTS) is 1. The predicted molar refractivity (Wildman–Crippen MR) is 144 cm³/mol. The van der Waals surface area contributed by atoms with Gasteiger partial charge in [0.05, 0.1) is 5.39 Å². The van der Waals surface area contributed by atoms with Crippen LogP contribution < -0.4 is 10.1 Å². The van der Waals surface area contributed by atoms with Gasteiger partial charge < -0.3 is 15.2 Å². The maximum Gasteiger partial charge on any atom is 0.326 e. The van der Waals surface area contributed by atoms with Gasteiger partial charge in [0.1, 0.15) is 40.3 Å². The van der Waals surface area contributed by atoms with Crippen LogP contribution in [0.2, 0.25) is 0 Å². The minimum absolute atomic E-state index is 0.308. The Kier molecular flexibility index (Phi) is 7.09. The number of nitrogens with zero attached hydrogens (tertiary/aromatic N) is 2. The molecular weight excluding hydrogens is 489 g/mol. The van der Waals surface area contributed by atoms with Crippen molar-refractivity contribution in [2.75, 3.05) is 5.32 Å². The van der Waals surface area contributed by atoms with Gasteiger partial charge in [0.25, 0.3) is 0 Å². The number of rotatable bonds is 9. The average Bonchev–Trinajstić information content (AvgIpc) is 3.30. The van der Waals surface area contributed by atoms with E-state index in [1.807, 2.05) is 54.6 Å². The third-order valence-electron chi connectivity index (χ3n) is 5.95. The van der Waals surface area contributed by atoms with Gasteiger partial charge in [-0.05, 0) is 53.9 Å². The summed E-state index contributed by atoms with van der Waals surface area (Å²) in [5.41, 5.74) is 2.76. The second-order valence-corrected chi connectivity index (χ2v) is 9.55. The molecule has 2 heterocycles. The summed E-state index contributed by atoms with van der Waals surface area (Å²) >= 11 is 1.56. The molecule has 6 nitrogen and oxygen atoms in total. The number of nitrogens with one attached hydrogen (secondary N) is 1. The van der Waals surface area contributed by atoms with Crippen molar-refractivity contribution >= 4 is 33.3 Å². The number of carbonyl (C=O) groups is 1. The number of halogens is 1. The highest BCUT2D eigenvalue weighted by molar-refractivity contribution is 7.19. The Morgan fingerprint density at radius 3 is 2.54 bits per heavy atom. The number of fused-ring (bicyclic) bond motifs is 1. The average molecular weight is 514 g/mol. The molecule has 1 atom stereocenters. The summed E-state index contributed by atoms with van der Waals surface area (Å²) in [7, 11) is 0. The summed E-state index contributed by atoms with van der Waals surface area (Å²) in [6, 6.07) is 22.1. The molecule has 3 aromatic carbocycles. The van der Waals surface area contributed by atoms with Gasteiger partial charge in [-0.3, -0.25) is 0 Å². The highest BCUT2D eigenvalue weighted by Gasteiger charge is 2.23. The standard InChI is InChI=1S/C29H24FN3O3S/c1-2-24-25(19-9-6-10-22(16-19)36-21-13-11-20(30)12-14-21)26-27(31-17-32-28(26)37-24)33-23(29(34)35)15-18-7-4-3-5-8-18/h3-14,16-17,23H,2,15H2,1H3,(H,34,35)(H,31,32,33)/t23-/m1/s1. The van der Waals surface area contributed by atoms with Gasteiger partial charge in [-0.1, -0.05) is 49.4 Å². The van der Waals surface area contributed by atoms with Gasteiger partial charge in [-0.15, -0.1) is 11.3 Å². The van der Waals surface area contributed by atoms with Crippen LogP contribution in [0.1, 0.15) is 17.4 Å². The maximum atomic E-state index is 13.3. The van der Waals surface area contributed by atoms with Crippen molar-refractivity contribution in [3.63, 3.8) is 0 Å². The zero-order valence-corrected chi connectivity index (χ0v) is 20.8.